The van der Waals surface area contributed by atoms with Gasteiger partial charge in [0, 0.05) is 6.04 Å². The van der Waals surface area contributed by atoms with Crippen LogP contribution in [0.5, 0.6) is 5.75 Å². The first-order chi connectivity index (χ1) is 7.63. The summed E-state index contributed by atoms with van der Waals surface area (Å²) in [5.74, 6) is 1.20. The molecule has 16 heavy (non-hydrogen) atoms. The quantitative estimate of drug-likeness (QED) is 0.852. The van der Waals surface area contributed by atoms with Gasteiger partial charge in [-0.2, -0.15) is 0 Å². The van der Waals surface area contributed by atoms with E-state index in [0.717, 1.165) is 18.4 Å². The van der Waals surface area contributed by atoms with Gasteiger partial charge in [0.05, 0.1) is 12.1 Å². The molecule has 90 valence electrons. The van der Waals surface area contributed by atoms with Crippen molar-refractivity contribution in [3.63, 3.8) is 0 Å². The summed E-state index contributed by atoms with van der Waals surface area (Å²) in [6, 6.07) is 5.83. The minimum atomic E-state index is 0.0541. The van der Waals surface area contributed by atoms with Gasteiger partial charge in [0.2, 0.25) is 0 Å². The van der Waals surface area contributed by atoms with Gasteiger partial charge in [-0.3, -0.25) is 0 Å². The molecular formula is C13H20ClNO. The maximum Gasteiger partial charge on any atom is 0.137 e. The van der Waals surface area contributed by atoms with E-state index in [-0.39, 0.29) is 6.04 Å². The summed E-state index contributed by atoms with van der Waals surface area (Å²) in [6.45, 7) is 4.33. The van der Waals surface area contributed by atoms with Crippen LogP contribution in [0.15, 0.2) is 18.2 Å². The summed E-state index contributed by atoms with van der Waals surface area (Å²) >= 11 is 6.08. The molecule has 0 aliphatic heterocycles. The molecule has 0 fully saturated rings. The van der Waals surface area contributed by atoms with Crippen LogP contribution in [0, 0.1) is 5.92 Å². The van der Waals surface area contributed by atoms with Gasteiger partial charge in [-0.1, -0.05) is 44.4 Å². The third-order valence-electron chi connectivity index (χ3n) is 3.12. The molecule has 1 aromatic carbocycles. The van der Waals surface area contributed by atoms with Gasteiger partial charge < -0.3 is 10.5 Å². The van der Waals surface area contributed by atoms with Gasteiger partial charge in [-0.15, -0.1) is 0 Å². The lowest BCUT2D eigenvalue weighted by atomic mass is 9.89. The van der Waals surface area contributed by atoms with Crippen LogP contribution in [0.4, 0.5) is 0 Å². The Morgan fingerprint density at radius 1 is 1.31 bits per heavy atom. The standard InChI is InChI=1S/C13H20ClNO/c1-4-9(5-2)13(15)10-6-7-12(16-3)11(14)8-10/h6-9,13H,4-5,15H2,1-3H3. The zero-order valence-corrected chi connectivity index (χ0v) is 10.9. The highest BCUT2D eigenvalue weighted by Crippen LogP contribution is 2.31. The van der Waals surface area contributed by atoms with Crippen molar-refractivity contribution in [2.45, 2.75) is 32.7 Å². The highest BCUT2D eigenvalue weighted by Gasteiger charge is 2.16. The number of hydrogen-bond acceptors (Lipinski definition) is 2. The van der Waals surface area contributed by atoms with Crippen LogP contribution in [0.25, 0.3) is 0 Å². The molecule has 0 saturated carbocycles. The fourth-order valence-corrected chi connectivity index (χ4v) is 2.22. The molecule has 0 bridgehead atoms. The largest absolute Gasteiger partial charge is 0.495 e. The maximum absolute atomic E-state index is 6.22. The van der Waals surface area contributed by atoms with Crippen LogP contribution >= 0.6 is 11.6 Å². The predicted octanol–water partition coefficient (Wildman–Crippen LogP) is 3.78. The van der Waals surface area contributed by atoms with E-state index in [1.165, 1.54) is 0 Å². The van der Waals surface area contributed by atoms with Crippen molar-refractivity contribution in [2.24, 2.45) is 11.7 Å². The van der Waals surface area contributed by atoms with Crippen LogP contribution in [0.1, 0.15) is 38.3 Å². The first-order valence-corrected chi connectivity index (χ1v) is 6.10. The number of ether oxygens (including phenoxy) is 1. The van der Waals surface area contributed by atoms with Crippen molar-refractivity contribution in [3.8, 4) is 5.75 Å². The fraction of sp³-hybridized carbons (Fsp3) is 0.538. The van der Waals surface area contributed by atoms with Gasteiger partial charge in [-0.25, -0.2) is 0 Å². The van der Waals surface area contributed by atoms with Gasteiger partial charge >= 0.3 is 0 Å². The molecule has 2 nitrogen and oxygen atoms in total. The Balaban J connectivity index is 2.91. The number of hydrogen-bond donors (Lipinski definition) is 1. The van der Waals surface area contributed by atoms with Crippen molar-refractivity contribution in [3.05, 3.63) is 28.8 Å². The Bertz CT molecular complexity index is 337. The number of benzene rings is 1. The normalized spacial score (nSPS) is 12.9. The zero-order chi connectivity index (χ0) is 12.1. The molecule has 0 amide bonds. The van der Waals surface area contributed by atoms with E-state index >= 15 is 0 Å². The fourth-order valence-electron chi connectivity index (χ4n) is 1.96. The molecule has 1 aromatic rings. The third-order valence-corrected chi connectivity index (χ3v) is 3.41. The summed E-state index contributed by atoms with van der Waals surface area (Å²) in [4.78, 5) is 0. The molecule has 1 atom stereocenters. The number of halogens is 1. The highest BCUT2D eigenvalue weighted by atomic mass is 35.5. The second kappa shape index (κ2) is 6.12. The molecule has 1 unspecified atom stereocenters. The van der Waals surface area contributed by atoms with E-state index in [9.17, 15) is 0 Å². The van der Waals surface area contributed by atoms with Crippen LogP contribution in [0.3, 0.4) is 0 Å². The highest BCUT2D eigenvalue weighted by molar-refractivity contribution is 6.32. The monoisotopic (exact) mass is 241 g/mol. The van der Waals surface area contributed by atoms with Crippen LogP contribution in [0.2, 0.25) is 5.02 Å². The average Bonchev–Trinajstić information content (AvgIpc) is 2.30. The van der Waals surface area contributed by atoms with Crippen LogP contribution in [-0.2, 0) is 0 Å². The minimum absolute atomic E-state index is 0.0541. The third kappa shape index (κ3) is 2.89. The lowest BCUT2D eigenvalue weighted by Gasteiger charge is -2.22. The van der Waals surface area contributed by atoms with Crippen LogP contribution < -0.4 is 10.5 Å². The van der Waals surface area contributed by atoms with Gasteiger partial charge in [0.25, 0.3) is 0 Å². The molecule has 0 spiro atoms. The first-order valence-electron chi connectivity index (χ1n) is 5.73. The number of rotatable bonds is 5. The number of methoxy groups -OCH3 is 1. The number of nitrogens with two attached hydrogens (primary N) is 1. The molecule has 0 heterocycles. The van der Waals surface area contributed by atoms with E-state index in [0.29, 0.717) is 16.7 Å². The Hall–Kier alpha value is -0.730. The smallest absolute Gasteiger partial charge is 0.137 e. The van der Waals surface area contributed by atoms with E-state index in [1.807, 2.05) is 18.2 Å². The molecule has 0 aromatic heterocycles. The predicted molar refractivity (Wildman–Crippen MR) is 69.0 cm³/mol. The SMILES string of the molecule is CCC(CC)C(N)c1ccc(OC)c(Cl)c1. The van der Waals surface area contributed by atoms with Crippen molar-refractivity contribution in [1.29, 1.82) is 0 Å². The Morgan fingerprint density at radius 3 is 2.38 bits per heavy atom. The van der Waals surface area contributed by atoms with E-state index < -0.39 is 0 Å². The molecular weight excluding hydrogens is 222 g/mol. The summed E-state index contributed by atoms with van der Waals surface area (Å²) < 4.78 is 5.12. The van der Waals surface area contributed by atoms with E-state index in [4.69, 9.17) is 22.1 Å². The first kappa shape index (κ1) is 13.3. The Morgan fingerprint density at radius 2 is 1.94 bits per heavy atom. The molecule has 0 radical (unpaired) electrons. The summed E-state index contributed by atoms with van der Waals surface area (Å²) in [5.41, 5.74) is 7.30. The van der Waals surface area contributed by atoms with Gasteiger partial charge in [-0.05, 0) is 23.6 Å². The molecule has 0 aliphatic rings. The second-order valence-corrected chi connectivity index (χ2v) is 4.40. The summed E-state index contributed by atoms with van der Waals surface area (Å²) in [7, 11) is 1.61. The molecule has 3 heteroatoms. The lowest BCUT2D eigenvalue weighted by molar-refractivity contribution is 0.402. The summed E-state index contributed by atoms with van der Waals surface area (Å²) in [5, 5.41) is 0.626. The van der Waals surface area contributed by atoms with Crippen molar-refractivity contribution < 1.29 is 4.74 Å². The average molecular weight is 242 g/mol. The molecule has 2 N–H and O–H groups in total. The Labute approximate surface area is 103 Å². The van der Waals surface area contributed by atoms with E-state index in [1.54, 1.807) is 7.11 Å². The van der Waals surface area contributed by atoms with Crippen molar-refractivity contribution >= 4 is 11.6 Å². The van der Waals surface area contributed by atoms with E-state index in [2.05, 4.69) is 13.8 Å². The lowest BCUT2D eigenvalue weighted by Crippen LogP contribution is -2.20. The summed E-state index contributed by atoms with van der Waals surface area (Å²) in [6.07, 6.45) is 2.17. The van der Waals surface area contributed by atoms with Gasteiger partial charge in [0.1, 0.15) is 5.75 Å². The van der Waals surface area contributed by atoms with Crippen LogP contribution in [-0.4, -0.2) is 7.11 Å². The molecule has 0 aliphatic carbocycles. The second-order valence-electron chi connectivity index (χ2n) is 4.00. The minimum Gasteiger partial charge on any atom is -0.495 e. The zero-order valence-electron chi connectivity index (χ0n) is 10.2. The topological polar surface area (TPSA) is 35.2 Å². The van der Waals surface area contributed by atoms with Crippen molar-refractivity contribution in [1.82, 2.24) is 0 Å². The molecule has 1 rings (SSSR count). The maximum atomic E-state index is 6.22. The van der Waals surface area contributed by atoms with Gasteiger partial charge in [0.15, 0.2) is 0 Å². The van der Waals surface area contributed by atoms with Crippen molar-refractivity contribution in [2.75, 3.05) is 7.11 Å². The molecule has 0 saturated heterocycles. The Kier molecular flexibility index (Phi) is 5.10.